The monoisotopic (exact) mass is 314 g/mol. The van der Waals surface area contributed by atoms with Gasteiger partial charge in [-0.2, -0.15) is 8.78 Å². The lowest BCUT2D eigenvalue weighted by Gasteiger charge is -2.17. The maximum Gasteiger partial charge on any atom is 0.352 e. The van der Waals surface area contributed by atoms with Gasteiger partial charge in [-0.1, -0.05) is 23.7 Å². The number of benzene rings is 1. The van der Waals surface area contributed by atoms with Crippen LogP contribution in [0.1, 0.15) is 29.8 Å². The van der Waals surface area contributed by atoms with E-state index in [1.54, 1.807) is 6.07 Å². The molecule has 1 amide bonds. The van der Waals surface area contributed by atoms with Gasteiger partial charge in [0.15, 0.2) is 0 Å². The van der Waals surface area contributed by atoms with E-state index in [1.807, 2.05) is 0 Å². The standard InChI is InChI=1S/C16H13BF2N2O2/c1-9(22)12-3-2-4-13-14(12)16(18,19)15(23)21(13)8-11-7-10(17)5-6-20-11/h2-7,9,22H,8H2,1H3/t9-/m0/s1. The number of rotatable bonds is 3. The van der Waals surface area contributed by atoms with E-state index in [0.29, 0.717) is 11.2 Å². The van der Waals surface area contributed by atoms with E-state index in [0.717, 1.165) is 4.90 Å². The number of aliphatic hydroxyl groups is 1. The second-order valence-corrected chi connectivity index (χ2v) is 5.46. The summed E-state index contributed by atoms with van der Waals surface area (Å²) in [5.41, 5.74) is 0.534. The van der Waals surface area contributed by atoms with Crippen LogP contribution in [0.2, 0.25) is 0 Å². The maximum atomic E-state index is 14.4. The summed E-state index contributed by atoms with van der Waals surface area (Å²) in [6, 6.07) is 7.47. The van der Waals surface area contributed by atoms with Gasteiger partial charge in [0.25, 0.3) is 0 Å². The molecule has 2 radical (unpaired) electrons. The van der Waals surface area contributed by atoms with E-state index in [4.69, 9.17) is 7.85 Å². The Balaban J connectivity index is 2.08. The van der Waals surface area contributed by atoms with Crippen molar-refractivity contribution in [2.75, 3.05) is 4.90 Å². The summed E-state index contributed by atoms with van der Waals surface area (Å²) in [7, 11) is 5.65. The molecule has 1 aliphatic heterocycles. The highest BCUT2D eigenvalue weighted by molar-refractivity contribution is 6.32. The fourth-order valence-electron chi connectivity index (χ4n) is 2.76. The highest BCUT2D eigenvalue weighted by Crippen LogP contribution is 2.47. The Morgan fingerprint density at radius 1 is 1.39 bits per heavy atom. The SMILES string of the molecule is [B]c1ccnc(CN2C(=O)C(F)(F)c3c([C@H](C)O)cccc32)c1. The molecule has 0 fully saturated rings. The number of fused-ring (bicyclic) bond motifs is 1. The quantitative estimate of drug-likeness (QED) is 0.875. The van der Waals surface area contributed by atoms with Gasteiger partial charge >= 0.3 is 11.8 Å². The van der Waals surface area contributed by atoms with Crippen LogP contribution in [0.15, 0.2) is 36.5 Å². The number of hydrogen-bond donors (Lipinski definition) is 1. The predicted octanol–water partition coefficient (Wildman–Crippen LogP) is 1.57. The van der Waals surface area contributed by atoms with Crippen molar-refractivity contribution in [3.63, 3.8) is 0 Å². The lowest BCUT2D eigenvalue weighted by Crippen LogP contribution is -2.34. The number of aliphatic hydroxyl groups excluding tert-OH is 1. The van der Waals surface area contributed by atoms with E-state index in [-0.39, 0.29) is 17.8 Å². The first-order valence-electron chi connectivity index (χ1n) is 7.04. The Morgan fingerprint density at radius 3 is 2.78 bits per heavy atom. The fourth-order valence-corrected chi connectivity index (χ4v) is 2.76. The second-order valence-electron chi connectivity index (χ2n) is 5.46. The number of hydrogen-bond acceptors (Lipinski definition) is 3. The van der Waals surface area contributed by atoms with Gasteiger partial charge in [-0.15, -0.1) is 0 Å². The number of amides is 1. The summed E-state index contributed by atoms with van der Waals surface area (Å²) in [5.74, 6) is -5.01. The molecule has 0 aliphatic carbocycles. The zero-order chi connectivity index (χ0) is 16.8. The predicted molar refractivity (Wildman–Crippen MR) is 81.8 cm³/mol. The van der Waals surface area contributed by atoms with Crippen molar-refractivity contribution in [3.8, 4) is 0 Å². The van der Waals surface area contributed by atoms with Gasteiger partial charge < -0.3 is 10.0 Å². The average Bonchev–Trinajstić information content (AvgIpc) is 2.68. The first-order chi connectivity index (χ1) is 10.8. The molecule has 2 aromatic rings. The van der Waals surface area contributed by atoms with Crippen molar-refractivity contribution < 1.29 is 18.7 Å². The Bertz CT molecular complexity index is 780. The van der Waals surface area contributed by atoms with Crippen LogP contribution in [0.5, 0.6) is 0 Å². The molecule has 4 nitrogen and oxygen atoms in total. The molecule has 0 spiro atoms. The van der Waals surface area contributed by atoms with Crippen LogP contribution < -0.4 is 10.4 Å². The van der Waals surface area contributed by atoms with Crippen molar-refractivity contribution >= 4 is 24.9 Å². The Hall–Kier alpha value is -2.28. The molecule has 1 atom stereocenters. The van der Waals surface area contributed by atoms with Crippen LogP contribution in [-0.4, -0.2) is 23.8 Å². The number of carbonyl (C=O) groups excluding carboxylic acids is 1. The molecule has 0 saturated heterocycles. The molecular weight excluding hydrogens is 301 g/mol. The Labute approximate surface area is 133 Å². The molecule has 3 rings (SSSR count). The molecule has 1 N–H and O–H groups in total. The number of nitrogens with zero attached hydrogens (tertiary/aromatic N) is 2. The lowest BCUT2D eigenvalue weighted by atomic mass is 9.97. The summed E-state index contributed by atoms with van der Waals surface area (Å²) < 4.78 is 28.9. The van der Waals surface area contributed by atoms with E-state index in [9.17, 15) is 18.7 Å². The second kappa shape index (κ2) is 5.42. The number of pyridine rings is 1. The van der Waals surface area contributed by atoms with Crippen molar-refractivity contribution in [1.82, 2.24) is 4.98 Å². The lowest BCUT2D eigenvalue weighted by molar-refractivity contribution is -0.141. The van der Waals surface area contributed by atoms with Crippen molar-refractivity contribution in [3.05, 3.63) is 53.3 Å². The average molecular weight is 314 g/mol. The number of carbonyl (C=O) groups is 1. The van der Waals surface area contributed by atoms with Crippen LogP contribution in [0.25, 0.3) is 0 Å². The van der Waals surface area contributed by atoms with E-state index >= 15 is 0 Å². The smallest absolute Gasteiger partial charge is 0.352 e. The molecule has 0 bridgehead atoms. The van der Waals surface area contributed by atoms with Gasteiger partial charge in [0.05, 0.1) is 29.6 Å². The van der Waals surface area contributed by atoms with Crippen LogP contribution in [0.3, 0.4) is 0 Å². The highest BCUT2D eigenvalue weighted by Gasteiger charge is 2.54. The van der Waals surface area contributed by atoms with Gasteiger partial charge in [0, 0.05) is 6.20 Å². The van der Waals surface area contributed by atoms with Gasteiger partial charge in [-0.3, -0.25) is 9.78 Å². The molecule has 116 valence electrons. The molecule has 1 aliphatic rings. The topological polar surface area (TPSA) is 53.4 Å². The van der Waals surface area contributed by atoms with Gasteiger partial charge in [0.2, 0.25) is 0 Å². The molecule has 2 heterocycles. The third kappa shape index (κ3) is 2.51. The fraction of sp³-hybridized carbons (Fsp3) is 0.250. The molecule has 1 aromatic heterocycles. The zero-order valence-electron chi connectivity index (χ0n) is 12.3. The minimum Gasteiger partial charge on any atom is -0.389 e. The summed E-state index contributed by atoms with van der Waals surface area (Å²) in [6.07, 6.45) is 0.352. The zero-order valence-corrected chi connectivity index (χ0v) is 12.3. The molecule has 23 heavy (non-hydrogen) atoms. The first-order valence-corrected chi connectivity index (χ1v) is 7.04. The number of aromatic nitrogens is 1. The largest absolute Gasteiger partial charge is 0.389 e. The molecule has 0 unspecified atom stereocenters. The molecule has 1 aromatic carbocycles. The van der Waals surface area contributed by atoms with Gasteiger partial charge in [-0.25, -0.2) is 0 Å². The number of alkyl halides is 2. The molecular formula is C16H13BF2N2O2. The molecule has 0 saturated carbocycles. The van der Waals surface area contributed by atoms with E-state index in [2.05, 4.69) is 4.98 Å². The first kappa shape index (κ1) is 15.6. The third-order valence-electron chi connectivity index (χ3n) is 3.80. The summed E-state index contributed by atoms with van der Waals surface area (Å²) in [6.45, 7) is 1.27. The Kier molecular flexibility index (Phi) is 3.68. The normalized spacial score (nSPS) is 17.2. The number of anilines is 1. The summed E-state index contributed by atoms with van der Waals surface area (Å²) in [5, 5.41) is 9.73. The minimum atomic E-state index is -3.68. The van der Waals surface area contributed by atoms with Gasteiger partial charge in [0.1, 0.15) is 7.85 Å². The van der Waals surface area contributed by atoms with E-state index < -0.39 is 23.5 Å². The maximum absolute atomic E-state index is 14.4. The number of halogens is 2. The van der Waals surface area contributed by atoms with E-state index in [1.165, 1.54) is 37.4 Å². The van der Waals surface area contributed by atoms with Crippen molar-refractivity contribution in [2.24, 2.45) is 0 Å². The van der Waals surface area contributed by atoms with Crippen molar-refractivity contribution in [1.29, 1.82) is 0 Å². The summed E-state index contributed by atoms with van der Waals surface area (Å²) in [4.78, 5) is 17.2. The minimum absolute atomic E-state index is 0.0453. The van der Waals surface area contributed by atoms with Crippen LogP contribution in [0, 0.1) is 0 Å². The molecule has 7 heteroatoms. The van der Waals surface area contributed by atoms with Crippen LogP contribution in [-0.2, 0) is 17.3 Å². The van der Waals surface area contributed by atoms with Crippen LogP contribution >= 0.6 is 0 Å². The Morgan fingerprint density at radius 2 is 2.13 bits per heavy atom. The third-order valence-corrected chi connectivity index (χ3v) is 3.80. The van der Waals surface area contributed by atoms with Crippen molar-refractivity contribution in [2.45, 2.75) is 25.5 Å². The highest BCUT2D eigenvalue weighted by atomic mass is 19.3. The van der Waals surface area contributed by atoms with Gasteiger partial charge in [-0.05, 0) is 24.6 Å². The van der Waals surface area contributed by atoms with Crippen LogP contribution in [0.4, 0.5) is 14.5 Å². The summed E-state index contributed by atoms with van der Waals surface area (Å²) >= 11 is 0.